The number of aromatic nitrogens is 3. The molecule has 0 saturated heterocycles. The highest BCUT2D eigenvalue weighted by Gasteiger charge is 2.14. The molecule has 5 nitrogen and oxygen atoms in total. The van der Waals surface area contributed by atoms with Gasteiger partial charge in [0.1, 0.15) is 0 Å². The van der Waals surface area contributed by atoms with Crippen molar-refractivity contribution in [3.63, 3.8) is 0 Å². The smallest absolute Gasteiger partial charge is 0.322 e. The lowest BCUT2D eigenvalue weighted by Crippen LogP contribution is -2.14. The number of rotatable bonds is 6. The Bertz CT molecular complexity index is 547. The molecule has 2 aromatic heterocycles. The molecule has 0 saturated carbocycles. The van der Waals surface area contributed by atoms with Crippen LogP contribution in [0.25, 0.3) is 0 Å². The Kier molecular flexibility index (Phi) is 5.14. The molecule has 2 aromatic rings. The number of thiophene rings is 1. The standard InChI is InChI=1S/C13H17ClN4OS/c1-4-9(10-6-5-7-20-10)15-12-16-11(14)17-13(18-12)19-8(2)3/h5-9H,4H2,1-3H3,(H,15,16,17,18). The molecule has 0 aromatic carbocycles. The van der Waals surface area contributed by atoms with Gasteiger partial charge >= 0.3 is 6.01 Å². The van der Waals surface area contributed by atoms with Crippen molar-refractivity contribution in [3.8, 4) is 6.01 Å². The summed E-state index contributed by atoms with van der Waals surface area (Å²) in [6, 6.07) is 4.50. The van der Waals surface area contributed by atoms with Gasteiger partial charge < -0.3 is 10.1 Å². The van der Waals surface area contributed by atoms with Crippen molar-refractivity contribution in [2.45, 2.75) is 39.3 Å². The molecule has 108 valence electrons. The summed E-state index contributed by atoms with van der Waals surface area (Å²) >= 11 is 7.60. The lowest BCUT2D eigenvalue weighted by molar-refractivity contribution is 0.222. The van der Waals surface area contributed by atoms with E-state index in [1.807, 2.05) is 25.3 Å². The van der Waals surface area contributed by atoms with Gasteiger partial charge in [-0.15, -0.1) is 11.3 Å². The van der Waals surface area contributed by atoms with Gasteiger partial charge in [-0.1, -0.05) is 13.0 Å². The van der Waals surface area contributed by atoms with Crippen LogP contribution in [0.15, 0.2) is 17.5 Å². The van der Waals surface area contributed by atoms with Crippen molar-refractivity contribution >= 4 is 28.9 Å². The van der Waals surface area contributed by atoms with Crippen LogP contribution in [0, 0.1) is 0 Å². The van der Waals surface area contributed by atoms with E-state index in [4.69, 9.17) is 16.3 Å². The quantitative estimate of drug-likeness (QED) is 0.875. The third kappa shape index (κ3) is 4.05. The predicted molar refractivity (Wildman–Crippen MR) is 81.6 cm³/mol. The van der Waals surface area contributed by atoms with Crippen LogP contribution in [0.2, 0.25) is 5.28 Å². The highest BCUT2D eigenvalue weighted by Crippen LogP contribution is 2.25. The first kappa shape index (κ1) is 15.0. The first-order chi connectivity index (χ1) is 9.58. The van der Waals surface area contributed by atoms with Crippen LogP contribution in [0.5, 0.6) is 6.01 Å². The molecule has 0 fully saturated rings. The van der Waals surface area contributed by atoms with E-state index in [0.29, 0.717) is 5.95 Å². The molecular formula is C13H17ClN4OS. The number of nitrogens with one attached hydrogen (secondary N) is 1. The number of hydrogen-bond donors (Lipinski definition) is 1. The Morgan fingerprint density at radius 3 is 2.75 bits per heavy atom. The van der Waals surface area contributed by atoms with Crippen LogP contribution >= 0.6 is 22.9 Å². The number of anilines is 1. The van der Waals surface area contributed by atoms with E-state index < -0.39 is 0 Å². The lowest BCUT2D eigenvalue weighted by atomic mass is 10.2. The Hall–Kier alpha value is -1.40. The fourth-order valence-electron chi connectivity index (χ4n) is 1.68. The fourth-order valence-corrected chi connectivity index (χ4v) is 2.69. The highest BCUT2D eigenvalue weighted by molar-refractivity contribution is 7.10. The second-order valence-electron chi connectivity index (χ2n) is 4.50. The monoisotopic (exact) mass is 312 g/mol. The SMILES string of the molecule is CCC(Nc1nc(Cl)nc(OC(C)C)n1)c1cccs1. The van der Waals surface area contributed by atoms with E-state index in [2.05, 4.69) is 33.3 Å². The van der Waals surface area contributed by atoms with Crippen LogP contribution in [-0.4, -0.2) is 21.1 Å². The Morgan fingerprint density at radius 1 is 1.35 bits per heavy atom. The molecule has 0 bridgehead atoms. The fraction of sp³-hybridized carbons (Fsp3) is 0.462. The van der Waals surface area contributed by atoms with Gasteiger partial charge in [0.25, 0.3) is 0 Å². The van der Waals surface area contributed by atoms with E-state index in [9.17, 15) is 0 Å². The first-order valence-electron chi connectivity index (χ1n) is 6.46. The number of hydrogen-bond acceptors (Lipinski definition) is 6. The average Bonchev–Trinajstić information content (AvgIpc) is 2.88. The van der Waals surface area contributed by atoms with Gasteiger partial charge in [0.2, 0.25) is 11.2 Å². The molecule has 1 unspecified atom stereocenters. The molecule has 7 heteroatoms. The summed E-state index contributed by atoms with van der Waals surface area (Å²) in [6.45, 7) is 5.92. The zero-order valence-corrected chi connectivity index (χ0v) is 13.2. The lowest BCUT2D eigenvalue weighted by Gasteiger charge is -2.16. The third-order valence-corrected chi connectivity index (χ3v) is 3.68. The minimum Gasteiger partial charge on any atom is -0.461 e. The maximum atomic E-state index is 5.91. The summed E-state index contributed by atoms with van der Waals surface area (Å²) < 4.78 is 5.46. The van der Waals surface area contributed by atoms with E-state index in [0.717, 1.165) is 6.42 Å². The molecule has 0 spiro atoms. The molecule has 0 radical (unpaired) electrons. The number of nitrogens with zero attached hydrogens (tertiary/aromatic N) is 3. The molecule has 0 aliphatic rings. The second kappa shape index (κ2) is 6.85. The summed E-state index contributed by atoms with van der Waals surface area (Å²) in [7, 11) is 0. The van der Waals surface area contributed by atoms with Crippen molar-refractivity contribution in [1.82, 2.24) is 15.0 Å². The number of ether oxygens (including phenoxy) is 1. The van der Waals surface area contributed by atoms with Gasteiger partial charge in [0.15, 0.2) is 0 Å². The zero-order valence-electron chi connectivity index (χ0n) is 11.6. The van der Waals surface area contributed by atoms with Crippen molar-refractivity contribution in [3.05, 3.63) is 27.7 Å². The largest absolute Gasteiger partial charge is 0.461 e. The normalized spacial score (nSPS) is 12.4. The first-order valence-corrected chi connectivity index (χ1v) is 7.72. The van der Waals surface area contributed by atoms with E-state index in [-0.39, 0.29) is 23.4 Å². The van der Waals surface area contributed by atoms with Gasteiger partial charge in [-0.2, -0.15) is 15.0 Å². The molecule has 2 heterocycles. The summed E-state index contributed by atoms with van der Waals surface area (Å²) in [4.78, 5) is 13.5. The van der Waals surface area contributed by atoms with E-state index in [1.54, 1.807) is 11.3 Å². The zero-order chi connectivity index (χ0) is 14.5. The summed E-state index contributed by atoms with van der Waals surface area (Å²) in [5.74, 6) is 0.431. The molecule has 0 aliphatic carbocycles. The van der Waals surface area contributed by atoms with Crippen LogP contribution in [-0.2, 0) is 0 Å². The molecule has 0 aliphatic heterocycles. The van der Waals surface area contributed by atoms with Crippen molar-refractivity contribution in [2.24, 2.45) is 0 Å². The van der Waals surface area contributed by atoms with Gasteiger partial charge in [0, 0.05) is 4.88 Å². The average molecular weight is 313 g/mol. The van der Waals surface area contributed by atoms with Crippen LogP contribution in [0.1, 0.15) is 38.1 Å². The minimum absolute atomic E-state index is 0.0133. The van der Waals surface area contributed by atoms with Crippen LogP contribution in [0.4, 0.5) is 5.95 Å². The van der Waals surface area contributed by atoms with Crippen molar-refractivity contribution < 1.29 is 4.74 Å². The topological polar surface area (TPSA) is 59.9 Å². The summed E-state index contributed by atoms with van der Waals surface area (Å²) in [6.07, 6.45) is 0.907. The summed E-state index contributed by atoms with van der Waals surface area (Å²) in [5, 5.41) is 5.44. The van der Waals surface area contributed by atoms with E-state index >= 15 is 0 Å². The third-order valence-electron chi connectivity index (χ3n) is 2.53. The van der Waals surface area contributed by atoms with Crippen molar-refractivity contribution in [2.75, 3.05) is 5.32 Å². The van der Waals surface area contributed by atoms with Gasteiger partial charge in [-0.3, -0.25) is 0 Å². The maximum absolute atomic E-state index is 5.91. The Morgan fingerprint density at radius 2 is 2.15 bits per heavy atom. The van der Waals surface area contributed by atoms with Gasteiger partial charge in [-0.25, -0.2) is 0 Å². The van der Waals surface area contributed by atoms with Crippen LogP contribution in [0.3, 0.4) is 0 Å². The molecular weight excluding hydrogens is 296 g/mol. The predicted octanol–water partition coefficient (Wildman–Crippen LogP) is 3.94. The van der Waals surface area contributed by atoms with Gasteiger partial charge in [0.05, 0.1) is 12.1 Å². The highest BCUT2D eigenvalue weighted by atomic mass is 35.5. The Labute approximate surface area is 127 Å². The van der Waals surface area contributed by atoms with Crippen molar-refractivity contribution in [1.29, 1.82) is 0 Å². The maximum Gasteiger partial charge on any atom is 0.322 e. The Balaban J connectivity index is 2.17. The number of halogens is 1. The second-order valence-corrected chi connectivity index (χ2v) is 5.82. The molecule has 0 amide bonds. The minimum atomic E-state index is -0.0133. The van der Waals surface area contributed by atoms with Crippen LogP contribution < -0.4 is 10.1 Å². The summed E-state index contributed by atoms with van der Waals surface area (Å²) in [5.41, 5.74) is 0. The molecule has 20 heavy (non-hydrogen) atoms. The van der Waals surface area contributed by atoms with Gasteiger partial charge in [-0.05, 0) is 43.3 Å². The van der Waals surface area contributed by atoms with E-state index in [1.165, 1.54) is 4.88 Å². The molecule has 1 N–H and O–H groups in total. The molecule has 2 rings (SSSR count). The molecule has 1 atom stereocenters.